The zero-order chi connectivity index (χ0) is 29.6. The molecule has 5 atom stereocenters. The Morgan fingerprint density at radius 3 is 1.33 bits per heavy atom. The lowest BCUT2D eigenvalue weighted by molar-refractivity contribution is 0.0626. The Morgan fingerprint density at radius 1 is 0.581 bits per heavy atom. The van der Waals surface area contributed by atoms with Crippen molar-refractivity contribution >= 4 is 23.5 Å². The van der Waals surface area contributed by atoms with Crippen molar-refractivity contribution in [2.75, 3.05) is 31.3 Å². The Bertz CT molecular complexity index is 1430. The average Bonchev–Trinajstić information content (AvgIpc) is 3.99. The van der Waals surface area contributed by atoms with Crippen LogP contribution in [-0.4, -0.2) is 53.2 Å². The van der Waals surface area contributed by atoms with Crippen LogP contribution in [0.15, 0.2) is 97.1 Å². The molecule has 2 fully saturated rings. The molecule has 5 unspecified atom stereocenters. The molecule has 1 N–H and O–H groups in total. The van der Waals surface area contributed by atoms with E-state index >= 15 is 0 Å². The van der Waals surface area contributed by atoms with Gasteiger partial charge in [-0.25, -0.2) is 0 Å². The highest BCUT2D eigenvalue weighted by Gasteiger charge is 2.25. The van der Waals surface area contributed by atoms with Crippen LogP contribution >= 0.6 is 23.5 Å². The molecular formula is C36H38O5S2. The summed E-state index contributed by atoms with van der Waals surface area (Å²) >= 11 is 3.77. The Hall–Kier alpha value is -3.26. The molecule has 0 saturated carbocycles. The molecule has 5 nitrogen and oxygen atoms in total. The molecule has 2 heterocycles. The summed E-state index contributed by atoms with van der Waals surface area (Å²) in [6.45, 7) is 5.50. The zero-order valence-corrected chi connectivity index (χ0v) is 26.2. The van der Waals surface area contributed by atoms with Crippen LogP contribution in [0.25, 0.3) is 0 Å². The molecule has 2 aliphatic rings. The lowest BCUT2D eigenvalue weighted by atomic mass is 9.93. The monoisotopic (exact) mass is 614 g/mol. The third-order valence-corrected chi connectivity index (χ3v) is 9.46. The number of hydrogen-bond acceptors (Lipinski definition) is 7. The number of hydrogen-bond donors (Lipinski definition) is 1. The second kappa shape index (κ2) is 14.0. The van der Waals surface area contributed by atoms with Crippen LogP contribution < -0.4 is 18.9 Å². The maximum absolute atomic E-state index is 10.5. The summed E-state index contributed by atoms with van der Waals surface area (Å²) in [7, 11) is 0. The fourth-order valence-electron chi connectivity index (χ4n) is 4.82. The summed E-state index contributed by atoms with van der Waals surface area (Å²) in [5.41, 5.74) is 5.21. The van der Waals surface area contributed by atoms with Crippen LogP contribution in [0.1, 0.15) is 47.9 Å². The van der Waals surface area contributed by atoms with Crippen LogP contribution in [0.4, 0.5) is 0 Å². The molecule has 6 rings (SSSR count). The first-order chi connectivity index (χ1) is 21.0. The van der Waals surface area contributed by atoms with E-state index in [1.807, 2.05) is 59.9 Å². The molecular weight excluding hydrogens is 577 g/mol. The normalized spacial score (nSPS) is 19.1. The predicted octanol–water partition coefficient (Wildman–Crippen LogP) is 7.75. The number of benzene rings is 4. The summed E-state index contributed by atoms with van der Waals surface area (Å²) in [6.07, 6.45) is -0.744. The lowest BCUT2D eigenvalue weighted by Crippen LogP contribution is -2.25. The van der Waals surface area contributed by atoms with Crippen molar-refractivity contribution in [3.63, 3.8) is 0 Å². The smallest absolute Gasteiger partial charge is 0.153 e. The van der Waals surface area contributed by atoms with Gasteiger partial charge in [0.1, 0.15) is 48.9 Å². The molecule has 224 valence electrons. The number of rotatable bonds is 15. The quantitative estimate of drug-likeness (QED) is 0.137. The van der Waals surface area contributed by atoms with Crippen molar-refractivity contribution < 1.29 is 24.1 Å². The van der Waals surface area contributed by atoms with Crippen molar-refractivity contribution in [1.82, 2.24) is 0 Å². The van der Waals surface area contributed by atoms with E-state index in [0.29, 0.717) is 10.7 Å². The van der Waals surface area contributed by atoms with E-state index < -0.39 is 6.10 Å². The minimum Gasteiger partial charge on any atom is -0.492 e. The lowest BCUT2D eigenvalue weighted by Gasteiger charge is -2.16. The molecule has 4 aromatic carbocycles. The van der Waals surface area contributed by atoms with E-state index in [1.54, 1.807) is 0 Å². The third kappa shape index (κ3) is 8.65. The summed E-state index contributed by atoms with van der Waals surface area (Å²) in [5, 5.41) is 11.1. The van der Waals surface area contributed by atoms with Crippen molar-refractivity contribution in [2.45, 2.75) is 42.5 Å². The number of aliphatic hydroxyl groups is 1. The summed E-state index contributed by atoms with van der Waals surface area (Å²) in [6, 6.07) is 32.9. The van der Waals surface area contributed by atoms with Crippen LogP contribution in [-0.2, 0) is 0 Å². The van der Waals surface area contributed by atoms with Gasteiger partial charge >= 0.3 is 0 Å². The summed E-state index contributed by atoms with van der Waals surface area (Å²) in [4.78, 5) is 0. The Balaban J connectivity index is 0.925. The van der Waals surface area contributed by atoms with E-state index in [0.717, 1.165) is 35.4 Å². The van der Waals surface area contributed by atoms with E-state index in [-0.39, 0.29) is 25.0 Å². The van der Waals surface area contributed by atoms with E-state index in [1.165, 1.54) is 28.0 Å². The topological polar surface area (TPSA) is 57.2 Å². The standard InChI is InChI=1S/C36H38O5S2/c1-24(28-7-15-33(16-8-28)40-21-35-22-42-35)26-3-11-31(12-4-26)38-19-30(37)20-39-32-13-5-27(6-14-32)25(2)29-9-17-34(18-10-29)41-36-23-43-36/h3-18,24-25,30,35-37H,19-23H2,1-2H3. The second-order valence-electron chi connectivity index (χ2n) is 11.1. The molecule has 43 heavy (non-hydrogen) atoms. The molecule has 0 spiro atoms. The molecule has 4 aromatic rings. The van der Waals surface area contributed by atoms with Gasteiger partial charge < -0.3 is 24.1 Å². The Labute approximate surface area is 262 Å². The van der Waals surface area contributed by atoms with Gasteiger partial charge in [0.05, 0.1) is 0 Å². The highest BCUT2D eigenvalue weighted by molar-refractivity contribution is 8.07. The van der Waals surface area contributed by atoms with Crippen LogP contribution in [0.2, 0.25) is 0 Å². The van der Waals surface area contributed by atoms with Gasteiger partial charge in [0.15, 0.2) is 5.44 Å². The highest BCUT2D eigenvalue weighted by atomic mass is 32.2. The van der Waals surface area contributed by atoms with E-state index in [2.05, 4.69) is 74.5 Å². The molecule has 0 aromatic heterocycles. The van der Waals surface area contributed by atoms with Crippen LogP contribution in [0, 0.1) is 0 Å². The first kappa shape index (κ1) is 29.8. The average molecular weight is 615 g/mol. The van der Waals surface area contributed by atoms with Gasteiger partial charge in [0, 0.05) is 28.6 Å². The minimum atomic E-state index is -0.744. The summed E-state index contributed by atoms with van der Waals surface area (Å²) in [5.74, 6) is 6.10. The van der Waals surface area contributed by atoms with Crippen molar-refractivity contribution in [1.29, 1.82) is 0 Å². The third-order valence-electron chi connectivity index (χ3n) is 7.81. The van der Waals surface area contributed by atoms with E-state index in [4.69, 9.17) is 18.9 Å². The number of ether oxygens (including phenoxy) is 4. The predicted molar refractivity (Wildman–Crippen MR) is 176 cm³/mol. The molecule has 0 bridgehead atoms. The van der Waals surface area contributed by atoms with Crippen LogP contribution in [0.3, 0.4) is 0 Å². The maximum atomic E-state index is 10.5. The van der Waals surface area contributed by atoms with Gasteiger partial charge in [0.25, 0.3) is 0 Å². The summed E-state index contributed by atoms with van der Waals surface area (Å²) < 4.78 is 23.3. The maximum Gasteiger partial charge on any atom is 0.153 e. The van der Waals surface area contributed by atoms with Gasteiger partial charge in [0.2, 0.25) is 0 Å². The first-order valence-electron chi connectivity index (χ1n) is 14.9. The fourth-order valence-corrected chi connectivity index (χ4v) is 5.55. The van der Waals surface area contributed by atoms with Gasteiger partial charge in [-0.1, -0.05) is 62.4 Å². The van der Waals surface area contributed by atoms with Crippen LogP contribution in [0.5, 0.6) is 23.0 Å². The van der Waals surface area contributed by atoms with Crippen molar-refractivity contribution in [3.8, 4) is 23.0 Å². The molecule has 2 aliphatic heterocycles. The van der Waals surface area contributed by atoms with Gasteiger partial charge in [-0.15, -0.1) is 11.8 Å². The molecule has 2 saturated heterocycles. The molecule has 0 radical (unpaired) electrons. The molecule has 7 heteroatoms. The zero-order valence-electron chi connectivity index (χ0n) is 24.6. The van der Waals surface area contributed by atoms with Gasteiger partial charge in [-0.05, 0) is 70.8 Å². The SMILES string of the molecule is CC(c1ccc(OCC(O)COc2ccc(C(C)c3ccc(OC4CS4)cc3)cc2)cc1)c1ccc(OCC2CS2)cc1. The van der Waals surface area contributed by atoms with Crippen molar-refractivity contribution in [3.05, 3.63) is 119 Å². The minimum absolute atomic E-state index is 0.157. The van der Waals surface area contributed by atoms with Crippen molar-refractivity contribution in [2.24, 2.45) is 0 Å². The van der Waals surface area contributed by atoms with Gasteiger partial charge in [-0.3, -0.25) is 0 Å². The van der Waals surface area contributed by atoms with Gasteiger partial charge in [-0.2, -0.15) is 11.8 Å². The first-order valence-corrected chi connectivity index (χ1v) is 17.0. The molecule has 0 aliphatic carbocycles. The van der Waals surface area contributed by atoms with E-state index in [9.17, 15) is 5.11 Å². The number of thioether (sulfide) groups is 2. The largest absolute Gasteiger partial charge is 0.492 e. The second-order valence-corrected chi connectivity index (χ2v) is 13.7. The highest BCUT2D eigenvalue weighted by Crippen LogP contribution is 2.34. The molecule has 0 amide bonds. The Kier molecular flexibility index (Phi) is 9.71. The number of aliphatic hydroxyl groups excluding tert-OH is 1. The fraction of sp³-hybridized carbons (Fsp3) is 0.333. The Morgan fingerprint density at radius 2 is 0.953 bits per heavy atom.